The summed E-state index contributed by atoms with van der Waals surface area (Å²) in [4.78, 5) is 29.5. The van der Waals surface area contributed by atoms with Crippen LogP contribution in [0.2, 0.25) is 0 Å². The highest BCUT2D eigenvalue weighted by atomic mass is 79.9. The molecule has 8 heteroatoms. The van der Waals surface area contributed by atoms with Gasteiger partial charge in [-0.3, -0.25) is 14.5 Å². The molecule has 0 saturated heterocycles. The summed E-state index contributed by atoms with van der Waals surface area (Å²) in [6, 6.07) is 9.63. The Bertz CT molecular complexity index is 738. The fraction of sp³-hybridized carbons (Fsp3) is 0.278. The van der Waals surface area contributed by atoms with Gasteiger partial charge in [-0.15, -0.1) is 0 Å². The first-order chi connectivity index (χ1) is 12.4. The van der Waals surface area contributed by atoms with Crippen LogP contribution in [0.4, 0.5) is 10.2 Å². The molecule has 0 saturated carbocycles. The van der Waals surface area contributed by atoms with Crippen LogP contribution in [0.25, 0.3) is 0 Å². The third kappa shape index (κ3) is 7.28. The number of benzene rings is 1. The summed E-state index contributed by atoms with van der Waals surface area (Å²) < 4.78 is 13.7. The van der Waals surface area contributed by atoms with Crippen LogP contribution in [0.15, 0.2) is 47.1 Å². The van der Waals surface area contributed by atoms with Gasteiger partial charge in [0, 0.05) is 17.2 Å². The molecule has 2 amide bonds. The van der Waals surface area contributed by atoms with Crippen molar-refractivity contribution in [2.75, 3.05) is 32.0 Å². The number of likely N-dealkylation sites (N-methyl/N-ethyl adjacent to an activating group) is 1. The van der Waals surface area contributed by atoms with Gasteiger partial charge in [0.25, 0.3) is 0 Å². The van der Waals surface area contributed by atoms with Crippen LogP contribution in [0.5, 0.6) is 0 Å². The molecule has 2 rings (SSSR count). The van der Waals surface area contributed by atoms with E-state index in [-0.39, 0.29) is 30.7 Å². The van der Waals surface area contributed by atoms with E-state index in [2.05, 4.69) is 31.5 Å². The van der Waals surface area contributed by atoms with Crippen molar-refractivity contribution in [3.8, 4) is 0 Å². The number of amides is 2. The Morgan fingerprint density at radius 3 is 2.46 bits per heavy atom. The van der Waals surface area contributed by atoms with Gasteiger partial charge < -0.3 is 10.6 Å². The molecule has 0 spiro atoms. The van der Waals surface area contributed by atoms with E-state index in [4.69, 9.17) is 0 Å². The summed E-state index contributed by atoms with van der Waals surface area (Å²) in [5, 5.41) is 5.45. The lowest BCUT2D eigenvalue weighted by atomic mass is 10.1. The topological polar surface area (TPSA) is 74.3 Å². The van der Waals surface area contributed by atoms with Crippen LogP contribution in [-0.2, 0) is 16.0 Å². The van der Waals surface area contributed by atoms with Crippen molar-refractivity contribution >= 4 is 33.6 Å². The van der Waals surface area contributed by atoms with Gasteiger partial charge in [-0.05, 0) is 59.2 Å². The molecule has 0 aliphatic heterocycles. The van der Waals surface area contributed by atoms with E-state index in [1.165, 1.54) is 12.1 Å². The molecular weight excluding hydrogens is 403 g/mol. The minimum absolute atomic E-state index is 0.0725. The van der Waals surface area contributed by atoms with Crippen LogP contribution in [0, 0.1) is 5.82 Å². The molecule has 0 aliphatic rings. The summed E-state index contributed by atoms with van der Waals surface area (Å²) >= 11 is 3.27. The van der Waals surface area contributed by atoms with Crippen molar-refractivity contribution in [2.24, 2.45) is 0 Å². The SMILES string of the molecule is CN(CC(=O)NCCc1ccc(F)cc1)CC(=O)Nc1ccc(Br)cn1. The van der Waals surface area contributed by atoms with Gasteiger partial charge in [-0.1, -0.05) is 12.1 Å². The minimum Gasteiger partial charge on any atom is -0.355 e. The maximum atomic E-state index is 12.8. The number of nitrogens with zero attached hydrogens (tertiary/aromatic N) is 2. The zero-order chi connectivity index (χ0) is 18.9. The van der Waals surface area contributed by atoms with Crippen LogP contribution >= 0.6 is 15.9 Å². The lowest BCUT2D eigenvalue weighted by Crippen LogP contribution is -2.39. The molecule has 1 aromatic carbocycles. The van der Waals surface area contributed by atoms with E-state index in [0.717, 1.165) is 10.0 Å². The number of aromatic nitrogens is 1. The molecule has 0 unspecified atom stereocenters. The van der Waals surface area contributed by atoms with E-state index in [1.54, 1.807) is 42.4 Å². The predicted octanol–water partition coefficient (Wildman–Crippen LogP) is 2.21. The van der Waals surface area contributed by atoms with Crippen molar-refractivity contribution in [3.63, 3.8) is 0 Å². The standard InChI is InChI=1S/C18H20BrFN4O2/c1-24(12-18(26)23-16-7-4-14(19)10-22-16)11-17(25)21-9-8-13-2-5-15(20)6-3-13/h2-7,10H,8-9,11-12H2,1H3,(H,21,25)(H,22,23,26). The normalized spacial score (nSPS) is 10.6. The fourth-order valence-electron chi connectivity index (χ4n) is 2.23. The van der Waals surface area contributed by atoms with Gasteiger partial charge in [0.15, 0.2) is 0 Å². The molecule has 0 aliphatic carbocycles. The number of anilines is 1. The number of carbonyl (C=O) groups excluding carboxylic acids is 2. The van der Waals surface area contributed by atoms with Crippen LogP contribution < -0.4 is 10.6 Å². The molecule has 1 aromatic heterocycles. The zero-order valence-corrected chi connectivity index (χ0v) is 15.9. The zero-order valence-electron chi connectivity index (χ0n) is 14.3. The summed E-state index contributed by atoms with van der Waals surface area (Å²) in [7, 11) is 1.69. The predicted molar refractivity (Wildman–Crippen MR) is 101 cm³/mol. The summed E-state index contributed by atoms with van der Waals surface area (Å²) in [6.45, 7) is 0.626. The third-order valence-corrected chi connectivity index (χ3v) is 3.94. The summed E-state index contributed by atoms with van der Waals surface area (Å²) in [5.74, 6) is -0.253. The van der Waals surface area contributed by atoms with Gasteiger partial charge in [0.05, 0.1) is 13.1 Å². The molecule has 2 aromatic rings. The van der Waals surface area contributed by atoms with Crippen molar-refractivity contribution in [1.29, 1.82) is 0 Å². The molecular formula is C18H20BrFN4O2. The average molecular weight is 423 g/mol. The molecule has 138 valence electrons. The maximum absolute atomic E-state index is 12.8. The average Bonchev–Trinajstić information content (AvgIpc) is 2.58. The lowest BCUT2D eigenvalue weighted by Gasteiger charge is -2.15. The first-order valence-electron chi connectivity index (χ1n) is 8.03. The van der Waals surface area contributed by atoms with Crippen molar-refractivity contribution in [3.05, 3.63) is 58.4 Å². The molecule has 1 heterocycles. The van der Waals surface area contributed by atoms with E-state index in [1.807, 2.05) is 0 Å². The smallest absolute Gasteiger partial charge is 0.239 e. The number of hydrogen-bond donors (Lipinski definition) is 2. The van der Waals surface area contributed by atoms with E-state index in [9.17, 15) is 14.0 Å². The van der Waals surface area contributed by atoms with E-state index >= 15 is 0 Å². The summed E-state index contributed by atoms with van der Waals surface area (Å²) in [5.41, 5.74) is 0.946. The first kappa shape index (κ1) is 20.0. The Labute approximate surface area is 159 Å². The fourth-order valence-corrected chi connectivity index (χ4v) is 2.47. The van der Waals surface area contributed by atoms with Crippen molar-refractivity contribution in [2.45, 2.75) is 6.42 Å². The van der Waals surface area contributed by atoms with E-state index < -0.39 is 0 Å². The Hall–Kier alpha value is -2.32. The monoisotopic (exact) mass is 422 g/mol. The number of hydrogen-bond acceptors (Lipinski definition) is 4. The van der Waals surface area contributed by atoms with Gasteiger partial charge >= 0.3 is 0 Å². The van der Waals surface area contributed by atoms with Crippen LogP contribution in [0.1, 0.15) is 5.56 Å². The molecule has 6 nitrogen and oxygen atoms in total. The highest BCUT2D eigenvalue weighted by Gasteiger charge is 2.11. The maximum Gasteiger partial charge on any atom is 0.239 e. The van der Waals surface area contributed by atoms with Gasteiger partial charge in [0.2, 0.25) is 11.8 Å². The highest BCUT2D eigenvalue weighted by molar-refractivity contribution is 9.10. The molecule has 2 N–H and O–H groups in total. The number of carbonyl (C=O) groups is 2. The van der Waals surface area contributed by atoms with Crippen molar-refractivity contribution < 1.29 is 14.0 Å². The molecule has 0 radical (unpaired) electrons. The molecule has 0 fully saturated rings. The minimum atomic E-state index is -0.281. The highest BCUT2D eigenvalue weighted by Crippen LogP contribution is 2.10. The number of halogens is 2. The Kier molecular flexibility index (Phi) is 7.68. The second-order valence-electron chi connectivity index (χ2n) is 5.81. The second-order valence-corrected chi connectivity index (χ2v) is 6.72. The molecule has 26 heavy (non-hydrogen) atoms. The van der Waals surface area contributed by atoms with Gasteiger partial charge in [-0.2, -0.15) is 0 Å². The Morgan fingerprint density at radius 1 is 1.12 bits per heavy atom. The quantitative estimate of drug-likeness (QED) is 0.683. The molecule has 0 atom stereocenters. The van der Waals surface area contributed by atoms with E-state index in [0.29, 0.717) is 18.8 Å². The Balaban J connectivity index is 1.66. The van der Waals surface area contributed by atoms with Crippen molar-refractivity contribution in [1.82, 2.24) is 15.2 Å². The lowest BCUT2D eigenvalue weighted by molar-refractivity contribution is -0.122. The molecule has 0 bridgehead atoms. The number of pyridine rings is 1. The largest absolute Gasteiger partial charge is 0.355 e. The second kappa shape index (κ2) is 9.98. The third-order valence-electron chi connectivity index (χ3n) is 3.47. The summed E-state index contributed by atoms with van der Waals surface area (Å²) in [6.07, 6.45) is 2.21. The number of nitrogens with one attached hydrogen (secondary N) is 2. The Morgan fingerprint density at radius 2 is 1.81 bits per heavy atom. The van der Waals surface area contributed by atoms with Gasteiger partial charge in [0.1, 0.15) is 11.6 Å². The number of rotatable bonds is 8. The van der Waals surface area contributed by atoms with Gasteiger partial charge in [-0.25, -0.2) is 9.37 Å². The van der Waals surface area contributed by atoms with Crippen LogP contribution in [0.3, 0.4) is 0 Å². The first-order valence-corrected chi connectivity index (χ1v) is 8.83. The van der Waals surface area contributed by atoms with Crippen LogP contribution in [-0.4, -0.2) is 48.4 Å².